The molecule has 0 heterocycles. The molecule has 0 atom stereocenters. The maximum absolute atomic E-state index is 10.5. The number of allylic oxidation sites excluding steroid dienone is 1. The predicted octanol–water partition coefficient (Wildman–Crippen LogP) is 2.57. The van der Waals surface area contributed by atoms with E-state index in [-0.39, 0.29) is 5.69 Å². The summed E-state index contributed by atoms with van der Waals surface area (Å²) in [7, 11) is 0. The molecule has 0 fully saturated rings. The zero-order valence-electron chi connectivity index (χ0n) is 7.01. The highest BCUT2D eigenvalue weighted by Crippen LogP contribution is 2.28. The van der Waals surface area contributed by atoms with Crippen LogP contribution >= 0.6 is 15.9 Å². The maximum Gasteiger partial charge on any atom is 0.284 e. The normalized spacial score (nSPS) is 10.4. The fraction of sp³-hybridized carbons (Fsp3) is 0. The van der Waals surface area contributed by atoms with Gasteiger partial charge in [-0.25, -0.2) is 0 Å². The average Bonchev–Trinajstić information content (AvgIpc) is 2.16. The van der Waals surface area contributed by atoms with E-state index in [1.54, 1.807) is 12.1 Å². The molecule has 0 aliphatic heterocycles. The monoisotopic (exact) mass is 255 g/mol. The second-order valence-corrected chi connectivity index (χ2v) is 3.23. The molecule has 0 radical (unpaired) electrons. The number of halogens is 1. The Morgan fingerprint density at radius 1 is 1.43 bits per heavy atom. The van der Waals surface area contributed by atoms with E-state index in [0.29, 0.717) is 16.3 Å². The molecule has 0 unspecified atom stereocenters. The van der Waals surface area contributed by atoms with Gasteiger partial charge in [0.2, 0.25) is 0 Å². The van der Waals surface area contributed by atoms with Gasteiger partial charge in [0, 0.05) is 6.07 Å². The minimum Gasteiger partial charge on any atom is -0.299 e. The molecule has 0 aliphatic rings. The van der Waals surface area contributed by atoms with Gasteiger partial charge in [-0.2, -0.15) is 0 Å². The van der Waals surface area contributed by atoms with Gasteiger partial charge in [0.25, 0.3) is 5.69 Å². The third kappa shape index (κ3) is 2.26. The van der Waals surface area contributed by atoms with Gasteiger partial charge in [0.1, 0.15) is 10.8 Å². The van der Waals surface area contributed by atoms with Crippen LogP contribution in [0.15, 0.2) is 28.7 Å². The van der Waals surface area contributed by atoms with Crippen molar-refractivity contribution in [3.05, 3.63) is 44.4 Å². The number of nitro benzene ring substituents is 1. The molecule has 0 spiro atoms. The third-order valence-corrected chi connectivity index (χ3v) is 2.42. The van der Waals surface area contributed by atoms with E-state index < -0.39 is 4.92 Å². The van der Waals surface area contributed by atoms with Crippen LogP contribution in [-0.2, 0) is 4.79 Å². The largest absolute Gasteiger partial charge is 0.299 e. The number of nitrogens with zero attached hydrogens (tertiary/aromatic N) is 1. The Hall–Kier alpha value is -1.49. The molecule has 0 aliphatic carbocycles. The third-order valence-electron chi connectivity index (χ3n) is 1.56. The van der Waals surface area contributed by atoms with Crippen LogP contribution in [0.1, 0.15) is 5.56 Å². The Bertz CT molecular complexity index is 401. The molecular formula is C9H6BrNO3. The average molecular weight is 256 g/mol. The smallest absolute Gasteiger partial charge is 0.284 e. The molecule has 0 bridgehead atoms. The maximum atomic E-state index is 10.5. The van der Waals surface area contributed by atoms with Gasteiger partial charge in [-0.15, -0.1) is 0 Å². The highest BCUT2D eigenvalue weighted by molar-refractivity contribution is 9.10. The molecule has 72 valence electrons. The highest BCUT2D eigenvalue weighted by atomic mass is 79.9. The van der Waals surface area contributed by atoms with Crippen molar-refractivity contribution in [3.8, 4) is 0 Å². The fourth-order valence-electron chi connectivity index (χ4n) is 0.950. The van der Waals surface area contributed by atoms with Crippen molar-refractivity contribution in [1.82, 2.24) is 0 Å². The van der Waals surface area contributed by atoms with Gasteiger partial charge in [-0.1, -0.05) is 18.2 Å². The topological polar surface area (TPSA) is 60.2 Å². The number of nitro groups is 1. The summed E-state index contributed by atoms with van der Waals surface area (Å²) < 4.78 is 0.378. The van der Waals surface area contributed by atoms with Crippen LogP contribution in [-0.4, -0.2) is 11.2 Å². The zero-order chi connectivity index (χ0) is 10.6. The van der Waals surface area contributed by atoms with Crippen molar-refractivity contribution < 1.29 is 9.72 Å². The molecule has 0 saturated heterocycles. The second-order valence-electron chi connectivity index (χ2n) is 2.43. The highest BCUT2D eigenvalue weighted by Gasteiger charge is 2.12. The lowest BCUT2D eigenvalue weighted by molar-refractivity contribution is -0.385. The first-order valence-electron chi connectivity index (χ1n) is 3.71. The summed E-state index contributed by atoms with van der Waals surface area (Å²) in [5.41, 5.74) is 0.587. The number of benzene rings is 1. The van der Waals surface area contributed by atoms with E-state index in [9.17, 15) is 14.9 Å². The van der Waals surface area contributed by atoms with E-state index in [1.165, 1.54) is 18.2 Å². The minimum absolute atomic E-state index is 0.0157. The quantitative estimate of drug-likeness (QED) is 0.361. The standard InChI is InChI=1S/C9H6BrNO3/c10-9-7(4-2-6-12)3-1-5-8(9)11(13)14/h1-6H/b4-2+. The van der Waals surface area contributed by atoms with E-state index in [4.69, 9.17) is 0 Å². The molecule has 1 aromatic carbocycles. The fourth-order valence-corrected chi connectivity index (χ4v) is 1.49. The van der Waals surface area contributed by atoms with Gasteiger partial charge < -0.3 is 0 Å². The Labute approximate surface area is 88.5 Å². The summed E-state index contributed by atoms with van der Waals surface area (Å²) >= 11 is 3.10. The van der Waals surface area contributed by atoms with Gasteiger partial charge in [0.15, 0.2) is 0 Å². The number of carbonyl (C=O) groups is 1. The van der Waals surface area contributed by atoms with Crippen LogP contribution in [0.3, 0.4) is 0 Å². The lowest BCUT2D eigenvalue weighted by Gasteiger charge is -1.98. The summed E-state index contributed by atoms with van der Waals surface area (Å²) in [4.78, 5) is 20.1. The van der Waals surface area contributed by atoms with Crippen LogP contribution in [0, 0.1) is 10.1 Å². The molecule has 1 rings (SSSR count). The first-order valence-corrected chi connectivity index (χ1v) is 4.51. The van der Waals surface area contributed by atoms with Gasteiger partial charge in [0.05, 0.1) is 4.92 Å². The summed E-state index contributed by atoms with van der Waals surface area (Å²) in [6.07, 6.45) is 3.40. The molecule has 0 saturated carbocycles. The van der Waals surface area contributed by atoms with Crippen molar-refractivity contribution in [2.24, 2.45) is 0 Å². The lowest BCUT2D eigenvalue weighted by atomic mass is 10.2. The lowest BCUT2D eigenvalue weighted by Crippen LogP contribution is -1.90. The van der Waals surface area contributed by atoms with Crippen molar-refractivity contribution in [1.29, 1.82) is 0 Å². The van der Waals surface area contributed by atoms with Gasteiger partial charge >= 0.3 is 0 Å². The van der Waals surface area contributed by atoms with Crippen LogP contribution in [0.25, 0.3) is 6.08 Å². The summed E-state index contributed by atoms with van der Waals surface area (Å²) in [6.45, 7) is 0. The number of hydrogen-bond acceptors (Lipinski definition) is 3. The molecule has 1 aromatic rings. The van der Waals surface area contributed by atoms with Crippen LogP contribution in [0.5, 0.6) is 0 Å². The first-order chi connectivity index (χ1) is 6.66. The Balaban J connectivity index is 3.20. The second kappa shape index (κ2) is 4.66. The molecule has 0 aromatic heterocycles. The number of aldehydes is 1. The molecule has 0 N–H and O–H groups in total. The Morgan fingerprint density at radius 2 is 2.14 bits per heavy atom. The summed E-state index contributed by atoms with van der Waals surface area (Å²) in [5.74, 6) is 0. The summed E-state index contributed by atoms with van der Waals surface area (Å²) in [6, 6.07) is 4.63. The molecule has 4 nitrogen and oxygen atoms in total. The molecule has 14 heavy (non-hydrogen) atoms. The van der Waals surface area contributed by atoms with Crippen molar-refractivity contribution in [2.75, 3.05) is 0 Å². The van der Waals surface area contributed by atoms with Crippen molar-refractivity contribution in [2.45, 2.75) is 0 Å². The SMILES string of the molecule is O=C/C=C/c1cccc([N+](=O)[O-])c1Br. The van der Waals surface area contributed by atoms with Gasteiger partial charge in [-0.05, 0) is 27.6 Å². The number of carbonyl (C=O) groups excluding carboxylic acids is 1. The number of hydrogen-bond donors (Lipinski definition) is 0. The van der Waals surface area contributed by atoms with Crippen LogP contribution in [0.2, 0.25) is 0 Å². The number of rotatable bonds is 3. The first kappa shape index (κ1) is 10.6. The molecular weight excluding hydrogens is 250 g/mol. The van der Waals surface area contributed by atoms with E-state index in [1.807, 2.05) is 0 Å². The van der Waals surface area contributed by atoms with Crippen LogP contribution in [0.4, 0.5) is 5.69 Å². The van der Waals surface area contributed by atoms with E-state index in [0.717, 1.165) is 0 Å². The molecule has 0 amide bonds. The van der Waals surface area contributed by atoms with Crippen molar-refractivity contribution >= 4 is 34.0 Å². The predicted molar refractivity (Wildman–Crippen MR) is 55.9 cm³/mol. The molecule has 5 heteroatoms. The van der Waals surface area contributed by atoms with E-state index >= 15 is 0 Å². The van der Waals surface area contributed by atoms with E-state index in [2.05, 4.69) is 15.9 Å². The van der Waals surface area contributed by atoms with Crippen LogP contribution < -0.4 is 0 Å². The van der Waals surface area contributed by atoms with Crippen molar-refractivity contribution in [3.63, 3.8) is 0 Å². The van der Waals surface area contributed by atoms with Gasteiger partial charge in [-0.3, -0.25) is 14.9 Å². The summed E-state index contributed by atoms with van der Waals surface area (Å²) in [5, 5.41) is 10.5. The zero-order valence-corrected chi connectivity index (χ0v) is 8.60. The Morgan fingerprint density at radius 3 is 2.71 bits per heavy atom. The Kier molecular flexibility index (Phi) is 3.53. The minimum atomic E-state index is -0.484.